The fourth-order valence-corrected chi connectivity index (χ4v) is 3.51. The molecule has 4 heteroatoms. The van der Waals surface area contributed by atoms with Gasteiger partial charge in [-0.1, -0.05) is 43.0 Å². The van der Waals surface area contributed by atoms with E-state index in [2.05, 4.69) is 6.58 Å². The number of likely N-dealkylation sites (N-methyl/N-ethyl adjacent to an activating group) is 1. The highest BCUT2D eigenvalue weighted by molar-refractivity contribution is 6.38. The van der Waals surface area contributed by atoms with Crippen molar-refractivity contribution in [3.8, 4) is 0 Å². The molecule has 0 aromatic heterocycles. The SMILES string of the molecule is C=C(C)C1OC(=O)c2ccccc2/C1=C1/C(=O)N(C)c2ccccc21. The van der Waals surface area contributed by atoms with E-state index in [0.717, 1.165) is 16.8 Å². The lowest BCUT2D eigenvalue weighted by Gasteiger charge is -2.29. The van der Waals surface area contributed by atoms with Gasteiger partial charge in [0, 0.05) is 18.2 Å². The van der Waals surface area contributed by atoms with Crippen LogP contribution in [-0.2, 0) is 9.53 Å². The molecule has 0 saturated heterocycles. The largest absolute Gasteiger partial charge is 0.449 e. The van der Waals surface area contributed by atoms with Crippen LogP contribution in [0.25, 0.3) is 11.1 Å². The van der Waals surface area contributed by atoms with Crippen LogP contribution in [0.2, 0.25) is 0 Å². The van der Waals surface area contributed by atoms with Crippen molar-refractivity contribution >= 4 is 28.7 Å². The third kappa shape index (κ3) is 2.14. The molecular weight excluding hydrogens is 314 g/mol. The number of ether oxygens (including phenoxy) is 1. The van der Waals surface area contributed by atoms with Gasteiger partial charge in [-0.15, -0.1) is 0 Å². The van der Waals surface area contributed by atoms with Gasteiger partial charge in [0.25, 0.3) is 5.91 Å². The summed E-state index contributed by atoms with van der Waals surface area (Å²) < 4.78 is 5.63. The van der Waals surface area contributed by atoms with Crippen molar-refractivity contribution in [3.05, 3.63) is 77.4 Å². The lowest BCUT2D eigenvalue weighted by molar-refractivity contribution is -0.112. The van der Waals surface area contributed by atoms with Crippen molar-refractivity contribution < 1.29 is 14.3 Å². The van der Waals surface area contributed by atoms with Gasteiger partial charge in [0.05, 0.1) is 16.8 Å². The Hall–Kier alpha value is -3.14. The summed E-state index contributed by atoms with van der Waals surface area (Å²) in [6.07, 6.45) is -0.638. The monoisotopic (exact) mass is 331 g/mol. The Kier molecular flexibility index (Phi) is 3.35. The first-order valence-electron chi connectivity index (χ1n) is 8.08. The first kappa shape index (κ1) is 15.4. The van der Waals surface area contributed by atoms with Gasteiger partial charge in [-0.25, -0.2) is 4.79 Å². The quantitative estimate of drug-likeness (QED) is 0.455. The Balaban J connectivity index is 2.09. The first-order chi connectivity index (χ1) is 12.0. The number of nitrogens with zero attached hydrogens (tertiary/aromatic N) is 1. The van der Waals surface area contributed by atoms with Crippen LogP contribution in [-0.4, -0.2) is 25.0 Å². The molecule has 124 valence electrons. The van der Waals surface area contributed by atoms with Crippen LogP contribution in [0.4, 0.5) is 5.69 Å². The molecule has 0 fully saturated rings. The van der Waals surface area contributed by atoms with Crippen molar-refractivity contribution in [1.29, 1.82) is 0 Å². The molecule has 2 aliphatic rings. The zero-order valence-electron chi connectivity index (χ0n) is 14.1. The summed E-state index contributed by atoms with van der Waals surface area (Å²) >= 11 is 0. The van der Waals surface area contributed by atoms with E-state index in [0.29, 0.717) is 22.3 Å². The molecule has 0 aliphatic carbocycles. The fourth-order valence-electron chi connectivity index (χ4n) is 3.51. The van der Waals surface area contributed by atoms with E-state index in [1.165, 1.54) is 0 Å². The Bertz CT molecular complexity index is 971. The predicted molar refractivity (Wildman–Crippen MR) is 97.1 cm³/mol. The number of hydrogen-bond donors (Lipinski definition) is 0. The van der Waals surface area contributed by atoms with Crippen molar-refractivity contribution in [1.82, 2.24) is 0 Å². The third-order valence-corrected chi connectivity index (χ3v) is 4.69. The highest BCUT2D eigenvalue weighted by Gasteiger charge is 2.39. The maximum atomic E-state index is 13.0. The molecule has 1 unspecified atom stereocenters. The van der Waals surface area contributed by atoms with Gasteiger partial charge in [-0.3, -0.25) is 4.79 Å². The van der Waals surface area contributed by atoms with Gasteiger partial charge in [0.15, 0.2) is 0 Å². The molecule has 1 atom stereocenters. The highest BCUT2D eigenvalue weighted by atomic mass is 16.5. The number of amides is 1. The van der Waals surface area contributed by atoms with E-state index in [9.17, 15) is 9.59 Å². The lowest BCUT2D eigenvalue weighted by Crippen LogP contribution is -2.30. The number of fused-ring (bicyclic) bond motifs is 2. The number of rotatable bonds is 1. The standard InChI is InChI=1S/C21H17NO3/c1-12(2)19-17(13-8-4-5-9-14(13)21(24)25-19)18-15-10-6-7-11-16(15)22(3)20(18)23/h4-11,19H,1H2,2-3H3/b18-17-. The minimum absolute atomic E-state index is 0.102. The van der Waals surface area contributed by atoms with Crippen LogP contribution in [0, 0.1) is 0 Å². The van der Waals surface area contributed by atoms with E-state index in [1.807, 2.05) is 43.3 Å². The van der Waals surface area contributed by atoms with Gasteiger partial charge in [0.1, 0.15) is 6.10 Å². The second-order valence-electron chi connectivity index (χ2n) is 6.35. The van der Waals surface area contributed by atoms with Crippen LogP contribution in [0.5, 0.6) is 0 Å². The van der Waals surface area contributed by atoms with Crippen molar-refractivity contribution in [3.63, 3.8) is 0 Å². The molecule has 4 nitrogen and oxygen atoms in total. The first-order valence-corrected chi connectivity index (χ1v) is 8.08. The van der Waals surface area contributed by atoms with E-state index in [4.69, 9.17) is 4.74 Å². The zero-order chi connectivity index (χ0) is 17.7. The highest BCUT2D eigenvalue weighted by Crippen LogP contribution is 2.45. The Morgan fingerprint density at radius 3 is 2.28 bits per heavy atom. The average molecular weight is 331 g/mol. The minimum Gasteiger partial charge on any atom is -0.449 e. The number of esters is 1. The summed E-state index contributed by atoms with van der Waals surface area (Å²) in [6, 6.07) is 14.9. The van der Waals surface area contributed by atoms with Crippen LogP contribution in [0.1, 0.15) is 28.4 Å². The summed E-state index contributed by atoms with van der Waals surface area (Å²) in [4.78, 5) is 27.0. The molecule has 4 rings (SSSR count). The second-order valence-corrected chi connectivity index (χ2v) is 6.35. The van der Waals surface area contributed by atoms with E-state index >= 15 is 0 Å². The van der Waals surface area contributed by atoms with Crippen LogP contribution >= 0.6 is 0 Å². The van der Waals surface area contributed by atoms with Gasteiger partial charge in [0.2, 0.25) is 0 Å². The summed E-state index contributed by atoms with van der Waals surface area (Å²) in [7, 11) is 1.76. The topological polar surface area (TPSA) is 46.6 Å². The summed E-state index contributed by atoms with van der Waals surface area (Å²) in [5, 5.41) is 0. The molecular formula is C21H17NO3. The molecule has 25 heavy (non-hydrogen) atoms. The molecule has 2 aromatic carbocycles. The van der Waals surface area contributed by atoms with Gasteiger partial charge >= 0.3 is 5.97 Å². The zero-order valence-corrected chi connectivity index (χ0v) is 14.1. The van der Waals surface area contributed by atoms with Crippen LogP contribution in [0.3, 0.4) is 0 Å². The van der Waals surface area contributed by atoms with Crippen LogP contribution < -0.4 is 4.90 Å². The maximum absolute atomic E-state index is 13.0. The number of para-hydroxylation sites is 1. The molecule has 1 amide bonds. The number of anilines is 1. The van der Waals surface area contributed by atoms with Crippen molar-refractivity contribution in [2.24, 2.45) is 0 Å². The number of benzene rings is 2. The van der Waals surface area contributed by atoms with E-state index < -0.39 is 6.10 Å². The Labute approximate surface area is 146 Å². The fraction of sp³-hybridized carbons (Fsp3) is 0.143. The number of carbonyl (C=O) groups is 2. The summed E-state index contributed by atoms with van der Waals surface area (Å²) in [5.74, 6) is -0.491. The minimum atomic E-state index is -0.638. The van der Waals surface area contributed by atoms with E-state index in [-0.39, 0.29) is 11.9 Å². The lowest BCUT2D eigenvalue weighted by atomic mass is 9.85. The molecule has 2 aromatic rings. The molecule has 2 heterocycles. The van der Waals surface area contributed by atoms with Crippen LogP contribution in [0.15, 0.2) is 60.7 Å². The average Bonchev–Trinajstić information content (AvgIpc) is 2.87. The number of cyclic esters (lactones) is 1. The molecule has 0 bridgehead atoms. The summed E-state index contributed by atoms with van der Waals surface area (Å²) in [6.45, 7) is 5.78. The maximum Gasteiger partial charge on any atom is 0.339 e. The molecule has 0 radical (unpaired) electrons. The van der Waals surface area contributed by atoms with Gasteiger partial charge in [-0.05, 0) is 30.2 Å². The van der Waals surface area contributed by atoms with Gasteiger partial charge < -0.3 is 9.64 Å². The molecule has 0 saturated carbocycles. The van der Waals surface area contributed by atoms with Gasteiger partial charge in [-0.2, -0.15) is 0 Å². The number of carbonyl (C=O) groups excluding carboxylic acids is 2. The third-order valence-electron chi connectivity index (χ3n) is 4.69. The summed E-state index contributed by atoms with van der Waals surface area (Å²) in [5.41, 5.74) is 4.89. The van der Waals surface area contributed by atoms with E-state index in [1.54, 1.807) is 24.1 Å². The second kappa shape index (κ2) is 5.45. The Morgan fingerprint density at radius 1 is 1.00 bits per heavy atom. The number of hydrogen-bond acceptors (Lipinski definition) is 3. The smallest absolute Gasteiger partial charge is 0.339 e. The normalized spacial score (nSPS) is 21.7. The molecule has 2 aliphatic heterocycles. The molecule has 0 N–H and O–H groups in total. The molecule has 0 spiro atoms. The van der Waals surface area contributed by atoms with Crippen molar-refractivity contribution in [2.75, 3.05) is 11.9 Å². The van der Waals surface area contributed by atoms with Crippen molar-refractivity contribution in [2.45, 2.75) is 13.0 Å². The predicted octanol–water partition coefficient (Wildman–Crippen LogP) is 3.69. The Morgan fingerprint density at radius 2 is 1.60 bits per heavy atom.